The van der Waals surface area contributed by atoms with Crippen molar-refractivity contribution in [3.8, 4) is 0 Å². The summed E-state index contributed by atoms with van der Waals surface area (Å²) in [7, 11) is 0. The topological polar surface area (TPSA) is 103 Å². The lowest BCUT2D eigenvalue weighted by Crippen LogP contribution is -2.50. The average molecular weight is 435 g/mol. The van der Waals surface area contributed by atoms with Crippen molar-refractivity contribution in [3.63, 3.8) is 0 Å². The molecule has 8 nitrogen and oxygen atoms in total. The van der Waals surface area contributed by atoms with Crippen LogP contribution < -0.4 is 10.6 Å². The lowest BCUT2D eigenvalue weighted by molar-refractivity contribution is -0.139. The van der Waals surface area contributed by atoms with Crippen LogP contribution in [0.25, 0.3) is 0 Å². The maximum atomic E-state index is 12.7. The van der Waals surface area contributed by atoms with E-state index in [-0.39, 0.29) is 30.6 Å². The van der Waals surface area contributed by atoms with Gasteiger partial charge in [0.2, 0.25) is 0 Å². The molecule has 2 aliphatic rings. The molecule has 9 heteroatoms. The zero-order valence-corrected chi connectivity index (χ0v) is 17.9. The highest BCUT2D eigenvalue weighted by atomic mass is 32.2. The Morgan fingerprint density at radius 2 is 2.03 bits per heavy atom. The molecule has 0 saturated carbocycles. The first kappa shape index (κ1) is 22.2. The highest BCUT2D eigenvalue weighted by Crippen LogP contribution is 2.27. The predicted octanol–water partition coefficient (Wildman–Crippen LogP) is 2.63. The van der Waals surface area contributed by atoms with Gasteiger partial charge in [0.1, 0.15) is 6.61 Å². The summed E-state index contributed by atoms with van der Waals surface area (Å²) in [6.07, 6.45) is 2.28. The van der Waals surface area contributed by atoms with E-state index in [4.69, 9.17) is 14.2 Å². The van der Waals surface area contributed by atoms with Crippen LogP contribution in [0.3, 0.4) is 0 Å². The summed E-state index contributed by atoms with van der Waals surface area (Å²) in [4.78, 5) is 37.6. The minimum absolute atomic E-state index is 0.197. The second-order valence-corrected chi connectivity index (χ2v) is 8.01. The van der Waals surface area contributed by atoms with E-state index in [1.165, 1.54) is 0 Å². The van der Waals surface area contributed by atoms with Crippen molar-refractivity contribution in [2.24, 2.45) is 0 Å². The first-order chi connectivity index (χ1) is 14.5. The summed E-state index contributed by atoms with van der Waals surface area (Å²) in [6, 6.07) is 6.18. The van der Waals surface area contributed by atoms with Gasteiger partial charge in [0, 0.05) is 17.3 Å². The number of carbonyl (C=O) groups excluding carboxylic acids is 3. The van der Waals surface area contributed by atoms with E-state index >= 15 is 0 Å². The Morgan fingerprint density at radius 3 is 2.77 bits per heavy atom. The molecule has 1 saturated heterocycles. The number of esters is 2. The first-order valence-corrected chi connectivity index (χ1v) is 11.0. The number of carbonyl (C=O) groups is 3. The van der Waals surface area contributed by atoms with E-state index in [0.717, 1.165) is 30.1 Å². The Hall–Kier alpha value is -2.52. The van der Waals surface area contributed by atoms with Crippen molar-refractivity contribution in [3.05, 3.63) is 41.1 Å². The molecule has 1 aromatic carbocycles. The normalized spacial score (nSPS) is 21.1. The van der Waals surface area contributed by atoms with Crippen molar-refractivity contribution >= 4 is 29.7 Å². The Balaban J connectivity index is 1.70. The molecule has 2 atom stereocenters. The standard InChI is InChI=1S/C21H26N2O6S/c1-3-27-20(25)18-13(2)22-21(26)23-16(18)11-29-19(24)15-8-4-5-9-17(15)30-12-14-7-6-10-28-14/h4-5,8-9,13-14H,3,6-7,10-12H2,1-2H3,(H2,22,23,26)/t13-,14-/m1/s1. The van der Waals surface area contributed by atoms with Gasteiger partial charge in [-0.2, -0.15) is 0 Å². The minimum atomic E-state index is -0.559. The molecule has 0 aromatic heterocycles. The van der Waals surface area contributed by atoms with Gasteiger partial charge in [0.25, 0.3) is 0 Å². The van der Waals surface area contributed by atoms with Crippen LogP contribution >= 0.6 is 11.8 Å². The van der Waals surface area contributed by atoms with Crippen molar-refractivity contribution in [1.29, 1.82) is 0 Å². The number of urea groups is 1. The molecule has 2 N–H and O–H groups in total. The van der Waals surface area contributed by atoms with Gasteiger partial charge in [-0.15, -0.1) is 11.8 Å². The second-order valence-electron chi connectivity index (χ2n) is 6.95. The van der Waals surface area contributed by atoms with E-state index in [9.17, 15) is 14.4 Å². The summed E-state index contributed by atoms with van der Waals surface area (Å²) >= 11 is 1.56. The second kappa shape index (κ2) is 10.5. The van der Waals surface area contributed by atoms with E-state index < -0.39 is 24.0 Å². The molecule has 0 spiro atoms. The number of benzene rings is 1. The number of hydrogen-bond acceptors (Lipinski definition) is 7. The quantitative estimate of drug-likeness (QED) is 0.479. The Kier molecular flexibility index (Phi) is 7.75. The number of amides is 2. The Bertz CT molecular complexity index is 835. The molecule has 0 aliphatic carbocycles. The fourth-order valence-electron chi connectivity index (χ4n) is 3.33. The average Bonchev–Trinajstić information content (AvgIpc) is 3.24. The first-order valence-electron chi connectivity index (χ1n) is 9.97. The summed E-state index contributed by atoms with van der Waals surface area (Å²) < 4.78 is 16.2. The van der Waals surface area contributed by atoms with Gasteiger partial charge >= 0.3 is 18.0 Å². The highest BCUT2D eigenvalue weighted by Gasteiger charge is 2.30. The molecule has 0 bridgehead atoms. The van der Waals surface area contributed by atoms with Crippen molar-refractivity contribution < 1.29 is 28.6 Å². The van der Waals surface area contributed by atoms with Crippen LogP contribution in [-0.2, 0) is 19.0 Å². The van der Waals surface area contributed by atoms with E-state index in [2.05, 4.69) is 10.6 Å². The Labute approximate surface area is 179 Å². The maximum Gasteiger partial charge on any atom is 0.339 e. The SMILES string of the molecule is CCOC(=O)C1=C(COC(=O)c2ccccc2SC[C@H]2CCCO2)NC(=O)N[C@@H]1C. The third-order valence-corrected chi connectivity index (χ3v) is 5.97. The fraction of sp³-hybridized carbons (Fsp3) is 0.476. The van der Waals surface area contributed by atoms with Gasteiger partial charge in [0.05, 0.1) is 35.6 Å². The van der Waals surface area contributed by atoms with Gasteiger partial charge < -0.3 is 24.8 Å². The third-order valence-electron chi connectivity index (χ3n) is 4.77. The molecule has 3 rings (SSSR count). The molecule has 1 aromatic rings. The van der Waals surface area contributed by atoms with Gasteiger partial charge in [0.15, 0.2) is 0 Å². The van der Waals surface area contributed by atoms with Crippen molar-refractivity contribution in [1.82, 2.24) is 10.6 Å². The number of rotatable bonds is 8. The highest BCUT2D eigenvalue weighted by molar-refractivity contribution is 7.99. The van der Waals surface area contributed by atoms with Gasteiger partial charge in [-0.05, 0) is 38.8 Å². The molecule has 2 heterocycles. The van der Waals surface area contributed by atoms with Crippen LogP contribution in [0.2, 0.25) is 0 Å². The number of nitrogens with one attached hydrogen (secondary N) is 2. The van der Waals surface area contributed by atoms with Crippen LogP contribution in [-0.4, -0.2) is 55.7 Å². The molecular weight excluding hydrogens is 408 g/mol. The number of hydrogen-bond donors (Lipinski definition) is 2. The third kappa shape index (κ3) is 5.54. The largest absolute Gasteiger partial charge is 0.463 e. The molecular formula is C21H26N2O6S. The summed E-state index contributed by atoms with van der Waals surface area (Å²) in [5.41, 5.74) is 0.903. The number of ether oxygens (including phenoxy) is 3. The van der Waals surface area contributed by atoms with Gasteiger partial charge in [-0.1, -0.05) is 12.1 Å². The van der Waals surface area contributed by atoms with Crippen LogP contribution in [0.4, 0.5) is 4.79 Å². The van der Waals surface area contributed by atoms with Crippen LogP contribution in [0, 0.1) is 0 Å². The molecule has 2 amide bonds. The monoisotopic (exact) mass is 434 g/mol. The predicted molar refractivity (Wildman–Crippen MR) is 111 cm³/mol. The van der Waals surface area contributed by atoms with Crippen molar-refractivity contribution in [2.45, 2.75) is 43.7 Å². The summed E-state index contributed by atoms with van der Waals surface area (Å²) in [5, 5.41) is 5.16. The zero-order chi connectivity index (χ0) is 21.5. The van der Waals surface area contributed by atoms with E-state index in [0.29, 0.717) is 5.56 Å². The lowest BCUT2D eigenvalue weighted by Gasteiger charge is -2.26. The maximum absolute atomic E-state index is 12.7. The molecule has 1 fully saturated rings. The van der Waals surface area contributed by atoms with Crippen LogP contribution in [0.1, 0.15) is 37.0 Å². The molecule has 0 unspecified atom stereocenters. The number of thioether (sulfide) groups is 1. The smallest absolute Gasteiger partial charge is 0.339 e. The molecule has 30 heavy (non-hydrogen) atoms. The van der Waals surface area contributed by atoms with E-state index in [1.54, 1.807) is 37.7 Å². The fourth-order valence-corrected chi connectivity index (χ4v) is 4.44. The molecule has 0 radical (unpaired) electrons. The van der Waals surface area contributed by atoms with Gasteiger partial charge in [-0.25, -0.2) is 14.4 Å². The zero-order valence-electron chi connectivity index (χ0n) is 17.1. The Morgan fingerprint density at radius 1 is 1.23 bits per heavy atom. The van der Waals surface area contributed by atoms with Crippen LogP contribution in [0.5, 0.6) is 0 Å². The molecule has 162 valence electrons. The van der Waals surface area contributed by atoms with Crippen LogP contribution in [0.15, 0.2) is 40.4 Å². The van der Waals surface area contributed by atoms with E-state index in [1.807, 2.05) is 12.1 Å². The lowest BCUT2D eigenvalue weighted by atomic mass is 10.0. The summed E-state index contributed by atoms with van der Waals surface area (Å²) in [6.45, 7) is 4.11. The molecule has 2 aliphatic heterocycles. The minimum Gasteiger partial charge on any atom is -0.463 e. The summed E-state index contributed by atoms with van der Waals surface area (Å²) in [5.74, 6) is -0.320. The van der Waals surface area contributed by atoms with Gasteiger partial charge in [-0.3, -0.25) is 0 Å². The van der Waals surface area contributed by atoms with Crippen molar-refractivity contribution in [2.75, 3.05) is 25.6 Å².